The topological polar surface area (TPSA) is 84.5 Å². The van der Waals surface area contributed by atoms with Gasteiger partial charge in [0.2, 0.25) is 11.8 Å². The molecule has 44 heavy (non-hydrogen) atoms. The number of carbonyl (C=O) groups is 3. The van der Waals surface area contributed by atoms with E-state index in [0.29, 0.717) is 11.5 Å². The number of hydrogen-bond donors (Lipinski definition) is 2. The van der Waals surface area contributed by atoms with Gasteiger partial charge >= 0.3 is 5.97 Å². The monoisotopic (exact) mass is 658 g/mol. The molecule has 0 fully saturated rings. The molecule has 0 heterocycles. The average Bonchev–Trinajstić information content (AvgIpc) is 3.02. The summed E-state index contributed by atoms with van der Waals surface area (Å²) in [6.45, 7) is 4.58. The predicted molar refractivity (Wildman–Crippen MR) is 194 cm³/mol. The molecule has 0 rings (SSSR count). The Labute approximate surface area is 280 Å². The zero-order chi connectivity index (χ0) is 32.4. The first-order valence-electron chi connectivity index (χ1n) is 18.3. The van der Waals surface area contributed by atoms with Crippen molar-refractivity contribution >= 4 is 41.3 Å². The number of rotatable bonds is 34. The molecule has 0 bridgehead atoms. The molecule has 0 aromatic carbocycles. The quantitative estimate of drug-likeness (QED) is 0.0529. The van der Waals surface area contributed by atoms with Crippen molar-refractivity contribution in [1.82, 2.24) is 10.6 Å². The van der Waals surface area contributed by atoms with Crippen LogP contribution in [0.4, 0.5) is 0 Å². The van der Waals surface area contributed by atoms with Gasteiger partial charge in [-0.15, -0.1) is 0 Å². The Morgan fingerprint density at radius 2 is 0.864 bits per heavy atom. The van der Waals surface area contributed by atoms with E-state index in [-0.39, 0.29) is 18.4 Å². The first kappa shape index (κ1) is 43.1. The summed E-state index contributed by atoms with van der Waals surface area (Å²) >= 11 is 3.23. The normalized spacial score (nSPS) is 11.8. The van der Waals surface area contributed by atoms with Crippen LogP contribution in [-0.4, -0.2) is 60.5 Å². The maximum absolute atomic E-state index is 12.4. The van der Waals surface area contributed by atoms with Crippen LogP contribution in [0.15, 0.2) is 0 Å². The molecule has 0 saturated carbocycles. The molecule has 2 amide bonds. The average molecular weight is 659 g/mol. The fourth-order valence-corrected chi connectivity index (χ4v) is 6.92. The fourth-order valence-electron chi connectivity index (χ4n) is 5.26. The van der Waals surface area contributed by atoms with E-state index in [0.717, 1.165) is 24.3 Å². The van der Waals surface area contributed by atoms with Crippen LogP contribution < -0.4 is 10.6 Å². The molecule has 0 saturated heterocycles. The second-order valence-corrected chi connectivity index (χ2v) is 14.5. The van der Waals surface area contributed by atoms with Crippen molar-refractivity contribution in [3.63, 3.8) is 0 Å². The summed E-state index contributed by atoms with van der Waals surface area (Å²) in [5.74, 6) is 1.76. The van der Waals surface area contributed by atoms with E-state index in [1.165, 1.54) is 148 Å². The molecule has 0 aliphatic heterocycles. The Balaban J connectivity index is 3.74. The molecular formula is C36H70N2O4S2. The first-order valence-corrected chi connectivity index (χ1v) is 20.6. The lowest BCUT2D eigenvalue weighted by molar-refractivity contribution is -0.144. The minimum Gasteiger partial charge on any atom is -0.467 e. The summed E-state index contributed by atoms with van der Waals surface area (Å²) in [5, 5.41) is 5.52. The molecule has 0 radical (unpaired) electrons. The van der Waals surface area contributed by atoms with Gasteiger partial charge in [0.25, 0.3) is 0 Å². The Morgan fingerprint density at radius 1 is 0.523 bits per heavy atom. The number of nitrogens with one attached hydrogen (secondary N) is 2. The number of esters is 1. The molecule has 1 atom stereocenters. The highest BCUT2D eigenvalue weighted by molar-refractivity contribution is 8.00. The Kier molecular flexibility index (Phi) is 34.3. The van der Waals surface area contributed by atoms with Gasteiger partial charge in [-0.2, -0.15) is 23.5 Å². The van der Waals surface area contributed by atoms with Crippen LogP contribution in [0.2, 0.25) is 0 Å². The van der Waals surface area contributed by atoms with Crippen LogP contribution in [0.5, 0.6) is 0 Å². The van der Waals surface area contributed by atoms with Gasteiger partial charge in [-0.05, 0) is 24.3 Å². The summed E-state index contributed by atoms with van der Waals surface area (Å²) < 4.78 is 4.84. The largest absolute Gasteiger partial charge is 0.467 e. The van der Waals surface area contributed by atoms with Crippen molar-refractivity contribution in [3.05, 3.63) is 0 Å². The number of amides is 2. The number of unbranched alkanes of at least 4 members (excludes halogenated alkanes) is 22. The van der Waals surface area contributed by atoms with Gasteiger partial charge in [-0.3, -0.25) is 9.59 Å². The van der Waals surface area contributed by atoms with E-state index < -0.39 is 12.0 Å². The zero-order valence-corrected chi connectivity index (χ0v) is 30.7. The third kappa shape index (κ3) is 31.1. The standard InChI is InChI=1S/C36H70N2O4S2/c1-4-6-8-10-12-14-16-18-20-22-24-26-28-43-31-34(39)37-30-33(36(41)42-3)38-35(40)32-44-29-27-25-23-21-19-17-15-13-11-9-7-5-2/h33H,4-32H2,1-3H3,(H,37,39)(H,38,40). The van der Waals surface area contributed by atoms with E-state index in [1.54, 1.807) is 23.5 Å². The van der Waals surface area contributed by atoms with Crippen LogP contribution >= 0.6 is 23.5 Å². The SMILES string of the molecule is CCCCCCCCCCCCCCSCC(=O)NCC(NC(=O)CSCCCCCCCCCCCCCC)C(=O)OC. The summed E-state index contributed by atoms with van der Waals surface area (Å²) in [5.41, 5.74) is 0. The van der Waals surface area contributed by atoms with Gasteiger partial charge in [0, 0.05) is 6.54 Å². The Morgan fingerprint density at radius 3 is 1.23 bits per heavy atom. The Bertz CT molecular complexity index is 666. The van der Waals surface area contributed by atoms with Crippen LogP contribution in [0, 0.1) is 0 Å². The lowest BCUT2D eigenvalue weighted by Gasteiger charge is -2.17. The van der Waals surface area contributed by atoms with E-state index in [1.807, 2.05) is 0 Å². The van der Waals surface area contributed by atoms with E-state index in [4.69, 9.17) is 4.74 Å². The van der Waals surface area contributed by atoms with Crippen molar-refractivity contribution in [3.8, 4) is 0 Å². The molecule has 2 N–H and O–H groups in total. The predicted octanol–water partition coefficient (Wildman–Crippen LogP) is 9.63. The van der Waals surface area contributed by atoms with Crippen LogP contribution in [-0.2, 0) is 19.1 Å². The smallest absolute Gasteiger partial charge is 0.330 e. The van der Waals surface area contributed by atoms with Crippen molar-refractivity contribution in [2.75, 3.05) is 36.7 Å². The van der Waals surface area contributed by atoms with Crippen molar-refractivity contribution in [2.45, 2.75) is 174 Å². The summed E-state index contributed by atoms with van der Waals surface area (Å²) in [7, 11) is 1.30. The number of thioether (sulfide) groups is 2. The molecule has 0 aliphatic rings. The molecular weight excluding hydrogens is 589 g/mol. The third-order valence-corrected chi connectivity index (χ3v) is 10.2. The second-order valence-electron chi connectivity index (χ2n) is 12.3. The number of ether oxygens (including phenoxy) is 1. The van der Waals surface area contributed by atoms with E-state index in [9.17, 15) is 14.4 Å². The summed E-state index contributed by atoms with van der Waals surface area (Å²) in [4.78, 5) is 36.8. The summed E-state index contributed by atoms with van der Waals surface area (Å²) in [6.07, 6.45) is 31.8. The zero-order valence-electron chi connectivity index (χ0n) is 29.0. The molecule has 0 aromatic rings. The van der Waals surface area contributed by atoms with Crippen molar-refractivity contribution < 1.29 is 19.1 Å². The highest BCUT2D eigenvalue weighted by atomic mass is 32.2. The van der Waals surface area contributed by atoms with E-state index >= 15 is 0 Å². The molecule has 0 aliphatic carbocycles. The minimum absolute atomic E-state index is 0.0554. The highest BCUT2D eigenvalue weighted by Crippen LogP contribution is 2.15. The van der Waals surface area contributed by atoms with Gasteiger partial charge in [0.15, 0.2) is 0 Å². The molecule has 6 nitrogen and oxygen atoms in total. The van der Waals surface area contributed by atoms with Crippen molar-refractivity contribution in [1.29, 1.82) is 0 Å². The van der Waals surface area contributed by atoms with E-state index in [2.05, 4.69) is 24.5 Å². The van der Waals surface area contributed by atoms with Crippen LogP contribution in [0.25, 0.3) is 0 Å². The minimum atomic E-state index is -0.856. The molecule has 1 unspecified atom stereocenters. The summed E-state index contributed by atoms with van der Waals surface area (Å²) in [6, 6.07) is -0.856. The van der Waals surface area contributed by atoms with Gasteiger partial charge < -0.3 is 15.4 Å². The molecule has 0 aromatic heterocycles. The third-order valence-electron chi connectivity index (χ3n) is 8.08. The maximum atomic E-state index is 12.4. The fraction of sp³-hybridized carbons (Fsp3) is 0.917. The van der Waals surface area contributed by atoms with Crippen LogP contribution in [0.3, 0.4) is 0 Å². The van der Waals surface area contributed by atoms with Gasteiger partial charge in [0.05, 0.1) is 18.6 Å². The van der Waals surface area contributed by atoms with Crippen LogP contribution in [0.1, 0.15) is 168 Å². The molecule has 0 spiro atoms. The Hall–Kier alpha value is -0.890. The number of hydrogen-bond acceptors (Lipinski definition) is 6. The lowest BCUT2D eigenvalue weighted by atomic mass is 10.1. The maximum Gasteiger partial charge on any atom is 0.330 e. The highest BCUT2D eigenvalue weighted by Gasteiger charge is 2.22. The number of carbonyl (C=O) groups excluding carboxylic acids is 3. The lowest BCUT2D eigenvalue weighted by Crippen LogP contribution is -2.49. The first-order chi connectivity index (χ1) is 21.5. The second kappa shape index (κ2) is 35.0. The van der Waals surface area contributed by atoms with Crippen molar-refractivity contribution in [2.24, 2.45) is 0 Å². The van der Waals surface area contributed by atoms with Gasteiger partial charge in [-0.1, -0.05) is 155 Å². The van der Waals surface area contributed by atoms with Gasteiger partial charge in [0.1, 0.15) is 6.04 Å². The number of methoxy groups -OCH3 is 1. The van der Waals surface area contributed by atoms with Gasteiger partial charge in [-0.25, -0.2) is 4.79 Å². The molecule has 8 heteroatoms. The molecule has 260 valence electrons.